The number of carboxylic acids is 1. The van der Waals surface area contributed by atoms with E-state index in [0.717, 1.165) is 24.8 Å². The minimum Gasteiger partial charge on any atom is -0.481 e. The maximum Gasteiger partial charge on any atom is 0.307 e. The van der Waals surface area contributed by atoms with Crippen molar-refractivity contribution in [1.29, 1.82) is 0 Å². The van der Waals surface area contributed by atoms with Crippen LogP contribution in [-0.2, 0) is 35.2 Å². The third-order valence-corrected chi connectivity index (χ3v) is 10.9. The summed E-state index contributed by atoms with van der Waals surface area (Å²) in [6.07, 6.45) is 7.75. The molecule has 2 N–H and O–H groups in total. The van der Waals surface area contributed by atoms with Gasteiger partial charge in [0.15, 0.2) is 17.3 Å². The Labute approximate surface area is 318 Å². The number of rotatable bonds is 22. The molecule has 1 aliphatic carbocycles. The van der Waals surface area contributed by atoms with E-state index in [9.17, 15) is 38.7 Å². The molecular weight excluding hydrogens is 688 g/mol. The van der Waals surface area contributed by atoms with Gasteiger partial charge < -0.3 is 15.3 Å². The van der Waals surface area contributed by atoms with Crippen molar-refractivity contribution in [1.82, 2.24) is 20.2 Å². The average molecular weight is 745 g/mol. The van der Waals surface area contributed by atoms with Crippen LogP contribution in [0.2, 0.25) is 0 Å². The van der Waals surface area contributed by atoms with E-state index in [-0.39, 0.29) is 66.6 Å². The standard InChI is InChI=1S/C42H56N4O8/c1-6-10-30(39(50)36(49)22-31(42(53)54)20-27-11-8-7-9-12-27)21-35(48)38-29(19-28-13-14-28)15-18-46(38)41(52)32(25(2)3)23-34(47)37(26(4)5)45-40(51)33-24-43-16-17-44-33/h7-9,11-12,16-17,24-26,28-32,37-38H,6,10,13-15,18-23H2,1-5H3,(H,45,51)(H,53,54)/t29-,30?,31-,32+,37+,38+/m1/s1. The fraction of sp³-hybridized carbons (Fsp3) is 0.595. The lowest BCUT2D eigenvalue weighted by molar-refractivity contribution is -0.147. The Hall–Kier alpha value is -4.61. The van der Waals surface area contributed by atoms with E-state index in [2.05, 4.69) is 15.3 Å². The summed E-state index contributed by atoms with van der Waals surface area (Å²) in [5.74, 6) is -7.08. The smallest absolute Gasteiger partial charge is 0.307 e. The zero-order chi connectivity index (χ0) is 39.5. The predicted octanol–water partition coefficient (Wildman–Crippen LogP) is 5.33. The van der Waals surface area contributed by atoms with Gasteiger partial charge in [-0.2, -0.15) is 0 Å². The molecule has 4 rings (SSSR count). The maximum absolute atomic E-state index is 14.4. The SMILES string of the molecule is CCCC(CC(=O)[C@@H]1[C@@H](CC2CC2)CCN1C(=O)[C@@H](CC(=O)[C@@H](NC(=O)c1cnccn1)C(C)C)C(C)C)C(=O)C(=O)C[C@@H](Cc1ccccc1)C(=O)O. The number of benzene rings is 1. The first kappa shape index (κ1) is 42.1. The highest BCUT2D eigenvalue weighted by Gasteiger charge is 2.47. The lowest BCUT2D eigenvalue weighted by Crippen LogP contribution is -2.50. The summed E-state index contributed by atoms with van der Waals surface area (Å²) in [6, 6.07) is 7.25. The molecule has 6 atom stereocenters. The number of nitrogens with one attached hydrogen (secondary N) is 1. The second-order valence-electron chi connectivity index (χ2n) is 15.9. The number of hydrogen-bond donors (Lipinski definition) is 2. The molecule has 1 aromatic heterocycles. The van der Waals surface area contributed by atoms with Gasteiger partial charge in [-0.1, -0.05) is 84.2 Å². The summed E-state index contributed by atoms with van der Waals surface area (Å²) in [4.78, 5) is 104. The molecule has 54 heavy (non-hydrogen) atoms. The summed E-state index contributed by atoms with van der Waals surface area (Å²) in [5, 5.41) is 12.6. The van der Waals surface area contributed by atoms with E-state index < -0.39 is 59.7 Å². The van der Waals surface area contributed by atoms with Crippen LogP contribution in [0, 0.1) is 41.4 Å². The van der Waals surface area contributed by atoms with Gasteiger partial charge in [0, 0.05) is 50.0 Å². The van der Waals surface area contributed by atoms with Gasteiger partial charge in [0.1, 0.15) is 5.69 Å². The summed E-state index contributed by atoms with van der Waals surface area (Å²) < 4.78 is 0. The molecule has 12 nitrogen and oxygen atoms in total. The van der Waals surface area contributed by atoms with E-state index in [4.69, 9.17) is 0 Å². The average Bonchev–Trinajstić information content (AvgIpc) is 3.87. The van der Waals surface area contributed by atoms with Gasteiger partial charge in [0.05, 0.1) is 24.2 Å². The predicted molar refractivity (Wildman–Crippen MR) is 201 cm³/mol. The molecule has 1 unspecified atom stereocenters. The van der Waals surface area contributed by atoms with Crippen molar-refractivity contribution >= 4 is 40.9 Å². The molecule has 1 saturated heterocycles. The summed E-state index contributed by atoms with van der Waals surface area (Å²) in [7, 11) is 0. The van der Waals surface area contributed by atoms with Gasteiger partial charge in [0.25, 0.3) is 5.91 Å². The fourth-order valence-electron chi connectivity index (χ4n) is 7.72. The molecule has 12 heteroatoms. The minimum atomic E-state index is -1.17. The first-order valence-corrected chi connectivity index (χ1v) is 19.5. The molecule has 292 valence electrons. The first-order valence-electron chi connectivity index (χ1n) is 19.5. The van der Waals surface area contributed by atoms with E-state index >= 15 is 0 Å². The van der Waals surface area contributed by atoms with Crippen LogP contribution in [0.1, 0.15) is 108 Å². The molecule has 0 spiro atoms. The van der Waals surface area contributed by atoms with Crippen molar-refractivity contribution in [3.63, 3.8) is 0 Å². The zero-order valence-electron chi connectivity index (χ0n) is 32.2. The number of carbonyl (C=O) groups excluding carboxylic acids is 6. The summed E-state index contributed by atoms with van der Waals surface area (Å²) >= 11 is 0. The highest BCUT2D eigenvalue weighted by molar-refractivity contribution is 6.38. The van der Waals surface area contributed by atoms with Crippen molar-refractivity contribution in [2.75, 3.05) is 6.54 Å². The summed E-state index contributed by atoms with van der Waals surface area (Å²) in [6.45, 7) is 9.54. The second-order valence-corrected chi connectivity index (χ2v) is 15.9. The molecule has 1 saturated carbocycles. The Kier molecular flexibility index (Phi) is 15.3. The van der Waals surface area contributed by atoms with Gasteiger partial charge >= 0.3 is 5.97 Å². The Bertz CT molecular complexity index is 1640. The number of ketones is 4. The van der Waals surface area contributed by atoms with E-state index in [1.165, 1.54) is 18.6 Å². The Morgan fingerprint density at radius 3 is 2.17 bits per heavy atom. The van der Waals surface area contributed by atoms with Crippen molar-refractivity contribution in [2.45, 2.75) is 111 Å². The van der Waals surface area contributed by atoms with Crippen LogP contribution in [0.3, 0.4) is 0 Å². The van der Waals surface area contributed by atoms with Crippen LogP contribution >= 0.6 is 0 Å². The number of aromatic nitrogens is 2. The Morgan fingerprint density at radius 1 is 0.889 bits per heavy atom. The fourth-order valence-corrected chi connectivity index (χ4v) is 7.72. The number of aliphatic carboxylic acids is 1. The van der Waals surface area contributed by atoms with Crippen molar-refractivity contribution in [2.24, 2.45) is 41.4 Å². The van der Waals surface area contributed by atoms with Gasteiger partial charge in [-0.05, 0) is 54.9 Å². The summed E-state index contributed by atoms with van der Waals surface area (Å²) in [5.41, 5.74) is 0.814. The molecule has 1 aromatic carbocycles. The number of carbonyl (C=O) groups is 7. The van der Waals surface area contributed by atoms with Crippen molar-refractivity contribution in [3.8, 4) is 0 Å². The number of Topliss-reactive ketones (excluding diaryl/α,β-unsaturated/α-hetero) is 4. The van der Waals surface area contributed by atoms with E-state index in [1.54, 1.807) is 29.2 Å². The molecule has 2 amide bonds. The van der Waals surface area contributed by atoms with Crippen molar-refractivity contribution < 1.29 is 38.7 Å². The third kappa shape index (κ3) is 11.4. The lowest BCUT2D eigenvalue weighted by Gasteiger charge is -2.33. The quantitative estimate of drug-likeness (QED) is 0.150. The van der Waals surface area contributed by atoms with Gasteiger partial charge in [-0.25, -0.2) is 4.98 Å². The van der Waals surface area contributed by atoms with Crippen molar-refractivity contribution in [3.05, 3.63) is 60.2 Å². The number of likely N-dealkylation sites (tertiary alicyclic amines) is 1. The Balaban J connectivity index is 1.50. The van der Waals surface area contributed by atoms with Gasteiger partial charge in [0.2, 0.25) is 11.7 Å². The highest BCUT2D eigenvalue weighted by atomic mass is 16.4. The molecule has 2 fully saturated rings. The van der Waals surface area contributed by atoms with Crippen LogP contribution in [0.15, 0.2) is 48.9 Å². The number of hydrogen-bond acceptors (Lipinski definition) is 9. The highest BCUT2D eigenvalue weighted by Crippen LogP contribution is 2.42. The molecule has 2 heterocycles. The third-order valence-electron chi connectivity index (χ3n) is 10.9. The van der Waals surface area contributed by atoms with Crippen LogP contribution in [0.25, 0.3) is 0 Å². The largest absolute Gasteiger partial charge is 0.481 e. The molecule has 1 aliphatic heterocycles. The van der Waals surface area contributed by atoms with E-state index in [1.807, 2.05) is 40.7 Å². The molecular formula is C42H56N4O8. The Morgan fingerprint density at radius 2 is 1.59 bits per heavy atom. The van der Waals surface area contributed by atoms with Crippen LogP contribution < -0.4 is 5.32 Å². The van der Waals surface area contributed by atoms with Gasteiger partial charge in [-0.15, -0.1) is 0 Å². The maximum atomic E-state index is 14.4. The number of amides is 2. The molecule has 0 radical (unpaired) electrons. The lowest BCUT2D eigenvalue weighted by atomic mass is 9.82. The molecule has 2 aliphatic rings. The van der Waals surface area contributed by atoms with Gasteiger partial charge in [-0.3, -0.25) is 38.5 Å². The number of carboxylic acid groups (broad SMARTS) is 1. The van der Waals surface area contributed by atoms with Crippen LogP contribution in [0.5, 0.6) is 0 Å². The first-order chi connectivity index (χ1) is 25.7. The molecule has 0 bridgehead atoms. The van der Waals surface area contributed by atoms with E-state index in [0.29, 0.717) is 25.3 Å². The molecule has 2 aromatic rings. The topological polar surface area (TPSA) is 181 Å². The normalized spacial score (nSPS) is 19.2. The zero-order valence-corrected chi connectivity index (χ0v) is 32.2. The van der Waals surface area contributed by atoms with Crippen LogP contribution in [-0.4, -0.2) is 79.5 Å². The number of nitrogens with zero attached hydrogens (tertiary/aromatic N) is 3. The minimum absolute atomic E-state index is 0.0722. The van der Waals surface area contributed by atoms with Crippen LogP contribution in [0.4, 0.5) is 0 Å². The second kappa shape index (κ2) is 19.6. The monoisotopic (exact) mass is 744 g/mol.